The van der Waals surface area contributed by atoms with Crippen LogP contribution in [0.3, 0.4) is 0 Å². The molecule has 1 N–H and O–H groups in total. The first-order valence-corrected chi connectivity index (χ1v) is 5.91. The molecule has 0 aromatic heterocycles. The molecule has 0 aliphatic heterocycles. The number of aliphatic hydroxyl groups excluding tert-OH is 1. The highest BCUT2D eigenvalue weighted by atomic mass is 19.4. The molecule has 0 radical (unpaired) electrons. The highest BCUT2D eigenvalue weighted by Crippen LogP contribution is 2.38. The van der Waals surface area contributed by atoms with Gasteiger partial charge in [-0.25, -0.2) is 0 Å². The Kier molecular flexibility index (Phi) is 3.99. The lowest BCUT2D eigenvalue weighted by Gasteiger charge is -2.16. The summed E-state index contributed by atoms with van der Waals surface area (Å²) >= 11 is 0. The van der Waals surface area contributed by atoms with Crippen molar-refractivity contribution >= 4 is 0 Å². The number of ether oxygens (including phenoxy) is 1. The second-order valence-electron chi connectivity index (χ2n) is 4.27. The van der Waals surface area contributed by atoms with Gasteiger partial charge >= 0.3 is 6.18 Å². The number of hydrogen-bond donors (Lipinski definition) is 1. The molecule has 20 heavy (non-hydrogen) atoms. The van der Waals surface area contributed by atoms with E-state index in [0.29, 0.717) is 5.56 Å². The van der Waals surface area contributed by atoms with Gasteiger partial charge in [0.2, 0.25) is 0 Å². The van der Waals surface area contributed by atoms with Gasteiger partial charge in [-0.05, 0) is 23.3 Å². The van der Waals surface area contributed by atoms with Gasteiger partial charge in [0, 0.05) is 0 Å². The zero-order chi connectivity index (χ0) is 14.8. The number of aliphatic hydroxyl groups is 1. The fourth-order valence-electron chi connectivity index (χ4n) is 1.94. The summed E-state index contributed by atoms with van der Waals surface area (Å²) in [7, 11) is 1.18. The van der Waals surface area contributed by atoms with E-state index in [1.165, 1.54) is 19.2 Å². The SMILES string of the molecule is COc1ccc(C(O)c2ccccc2)cc1C(F)(F)F. The number of rotatable bonds is 3. The van der Waals surface area contributed by atoms with E-state index in [1.807, 2.05) is 0 Å². The molecule has 0 heterocycles. The molecule has 1 atom stereocenters. The molecule has 1 unspecified atom stereocenters. The molecule has 0 bridgehead atoms. The largest absolute Gasteiger partial charge is 0.496 e. The first-order valence-electron chi connectivity index (χ1n) is 5.91. The minimum atomic E-state index is -4.53. The summed E-state index contributed by atoms with van der Waals surface area (Å²) in [5, 5.41) is 10.1. The van der Waals surface area contributed by atoms with E-state index in [2.05, 4.69) is 0 Å². The van der Waals surface area contributed by atoms with Gasteiger partial charge in [0.05, 0.1) is 12.7 Å². The maximum atomic E-state index is 12.9. The number of hydrogen-bond acceptors (Lipinski definition) is 2. The van der Waals surface area contributed by atoms with Crippen LogP contribution in [-0.4, -0.2) is 12.2 Å². The summed E-state index contributed by atoms with van der Waals surface area (Å²) < 4.78 is 43.5. The van der Waals surface area contributed by atoms with Crippen molar-refractivity contribution in [2.75, 3.05) is 7.11 Å². The fourth-order valence-corrected chi connectivity index (χ4v) is 1.94. The number of alkyl halides is 3. The van der Waals surface area contributed by atoms with Crippen LogP contribution in [0.15, 0.2) is 48.5 Å². The molecule has 2 rings (SSSR count). The first kappa shape index (κ1) is 14.4. The van der Waals surface area contributed by atoms with Crippen LogP contribution in [0.2, 0.25) is 0 Å². The van der Waals surface area contributed by atoms with Gasteiger partial charge in [-0.15, -0.1) is 0 Å². The monoisotopic (exact) mass is 282 g/mol. The molecular weight excluding hydrogens is 269 g/mol. The number of benzene rings is 2. The zero-order valence-electron chi connectivity index (χ0n) is 10.7. The molecule has 2 aromatic carbocycles. The standard InChI is InChI=1S/C15H13F3O2/c1-20-13-8-7-11(9-12(13)15(16,17)18)14(19)10-5-3-2-4-6-10/h2-9,14,19H,1H3. The van der Waals surface area contributed by atoms with E-state index in [4.69, 9.17) is 4.74 Å². The third-order valence-electron chi connectivity index (χ3n) is 2.96. The van der Waals surface area contributed by atoms with Crippen LogP contribution >= 0.6 is 0 Å². The molecule has 2 nitrogen and oxygen atoms in total. The lowest BCUT2D eigenvalue weighted by atomic mass is 9.99. The zero-order valence-corrected chi connectivity index (χ0v) is 10.7. The highest BCUT2D eigenvalue weighted by molar-refractivity contribution is 5.42. The van der Waals surface area contributed by atoms with Gasteiger partial charge in [0.25, 0.3) is 0 Å². The topological polar surface area (TPSA) is 29.5 Å². The summed E-state index contributed by atoms with van der Waals surface area (Å²) in [4.78, 5) is 0. The average molecular weight is 282 g/mol. The summed E-state index contributed by atoms with van der Waals surface area (Å²) in [6, 6.07) is 12.1. The Balaban J connectivity index is 2.44. The summed E-state index contributed by atoms with van der Waals surface area (Å²) in [6.45, 7) is 0. The van der Waals surface area contributed by atoms with E-state index < -0.39 is 17.8 Å². The normalized spacial score (nSPS) is 13.1. The highest BCUT2D eigenvalue weighted by Gasteiger charge is 2.35. The molecule has 106 valence electrons. The van der Waals surface area contributed by atoms with E-state index in [9.17, 15) is 18.3 Å². The minimum Gasteiger partial charge on any atom is -0.496 e. The molecule has 0 aliphatic carbocycles. The van der Waals surface area contributed by atoms with Crippen molar-refractivity contribution in [3.63, 3.8) is 0 Å². The summed E-state index contributed by atoms with van der Waals surface area (Å²) in [5.41, 5.74) is -0.192. The molecule has 0 fully saturated rings. The maximum Gasteiger partial charge on any atom is 0.419 e. The maximum absolute atomic E-state index is 12.9. The van der Waals surface area contributed by atoms with Crippen molar-refractivity contribution in [3.05, 3.63) is 65.2 Å². The van der Waals surface area contributed by atoms with Gasteiger partial charge in [-0.3, -0.25) is 0 Å². The van der Waals surface area contributed by atoms with Crippen molar-refractivity contribution in [3.8, 4) is 5.75 Å². The van der Waals surface area contributed by atoms with Crippen LogP contribution in [0.25, 0.3) is 0 Å². The molecule has 0 amide bonds. The average Bonchev–Trinajstić information content (AvgIpc) is 2.46. The Bertz CT molecular complexity index is 579. The van der Waals surface area contributed by atoms with E-state index in [-0.39, 0.29) is 11.3 Å². The summed E-state index contributed by atoms with van der Waals surface area (Å²) in [5.74, 6) is -0.262. The van der Waals surface area contributed by atoms with E-state index >= 15 is 0 Å². The fraction of sp³-hybridized carbons (Fsp3) is 0.200. The second-order valence-corrected chi connectivity index (χ2v) is 4.27. The lowest BCUT2D eigenvalue weighted by molar-refractivity contribution is -0.138. The summed E-state index contributed by atoms with van der Waals surface area (Å²) in [6.07, 6.45) is -5.64. The van der Waals surface area contributed by atoms with Crippen LogP contribution in [-0.2, 0) is 6.18 Å². The third-order valence-corrected chi connectivity index (χ3v) is 2.96. The van der Waals surface area contributed by atoms with Gasteiger partial charge in [0.1, 0.15) is 11.9 Å². The molecule has 0 aliphatic rings. The molecule has 0 saturated carbocycles. The predicted octanol–water partition coefficient (Wildman–Crippen LogP) is 3.80. The van der Waals surface area contributed by atoms with Gasteiger partial charge in [-0.2, -0.15) is 13.2 Å². The van der Waals surface area contributed by atoms with Gasteiger partial charge in [0.15, 0.2) is 0 Å². The van der Waals surface area contributed by atoms with Crippen LogP contribution < -0.4 is 4.74 Å². The smallest absolute Gasteiger partial charge is 0.419 e. The Morgan fingerprint density at radius 3 is 2.20 bits per heavy atom. The first-order chi connectivity index (χ1) is 9.43. The molecular formula is C15H13F3O2. The van der Waals surface area contributed by atoms with Crippen LogP contribution in [0, 0.1) is 0 Å². The van der Waals surface area contributed by atoms with E-state index in [1.54, 1.807) is 30.3 Å². The number of halogens is 3. The van der Waals surface area contributed by atoms with Crippen molar-refractivity contribution in [1.82, 2.24) is 0 Å². The molecule has 0 saturated heterocycles. The Hall–Kier alpha value is -2.01. The number of methoxy groups -OCH3 is 1. The van der Waals surface area contributed by atoms with Crippen molar-refractivity contribution < 1.29 is 23.0 Å². The third kappa shape index (κ3) is 2.93. The Labute approximate surface area is 114 Å². The lowest BCUT2D eigenvalue weighted by Crippen LogP contribution is -2.09. The minimum absolute atomic E-state index is 0.171. The Morgan fingerprint density at radius 2 is 1.65 bits per heavy atom. The van der Waals surface area contributed by atoms with Crippen molar-refractivity contribution in [2.45, 2.75) is 12.3 Å². The van der Waals surface area contributed by atoms with E-state index in [0.717, 1.165) is 6.07 Å². The van der Waals surface area contributed by atoms with Crippen LogP contribution in [0.5, 0.6) is 5.75 Å². The van der Waals surface area contributed by atoms with Crippen LogP contribution in [0.4, 0.5) is 13.2 Å². The van der Waals surface area contributed by atoms with Gasteiger partial charge in [-0.1, -0.05) is 36.4 Å². The molecule has 5 heteroatoms. The van der Waals surface area contributed by atoms with Crippen molar-refractivity contribution in [1.29, 1.82) is 0 Å². The van der Waals surface area contributed by atoms with Crippen molar-refractivity contribution in [2.24, 2.45) is 0 Å². The van der Waals surface area contributed by atoms with Gasteiger partial charge < -0.3 is 9.84 Å². The predicted molar refractivity (Wildman–Crippen MR) is 68.5 cm³/mol. The second kappa shape index (κ2) is 5.54. The van der Waals surface area contributed by atoms with Crippen LogP contribution in [0.1, 0.15) is 22.8 Å². The molecule has 2 aromatic rings. The quantitative estimate of drug-likeness (QED) is 0.928. The molecule has 0 spiro atoms. The Morgan fingerprint density at radius 1 is 1.00 bits per heavy atom.